The molecule has 0 aliphatic carbocycles. The predicted octanol–water partition coefficient (Wildman–Crippen LogP) is 3.24. The summed E-state index contributed by atoms with van der Waals surface area (Å²) in [6.45, 7) is 5.93. The summed E-state index contributed by atoms with van der Waals surface area (Å²) in [5.74, 6) is 0.867. The first kappa shape index (κ1) is 15.4. The molecule has 0 amide bonds. The van der Waals surface area contributed by atoms with Crippen LogP contribution in [0.4, 0.5) is 5.69 Å². The lowest BCUT2D eigenvalue weighted by Crippen LogP contribution is -2.44. The Kier molecular flexibility index (Phi) is 4.81. The number of piperazine rings is 1. The summed E-state index contributed by atoms with van der Waals surface area (Å²) >= 11 is 0. The quantitative estimate of drug-likeness (QED) is 0.812. The molecule has 0 radical (unpaired) electrons. The van der Waals surface area contributed by atoms with Gasteiger partial charge in [0, 0.05) is 24.3 Å². The number of para-hydroxylation sites is 1. The fourth-order valence-electron chi connectivity index (χ4n) is 2.81. The van der Waals surface area contributed by atoms with Crippen molar-refractivity contribution in [1.82, 2.24) is 5.01 Å². The van der Waals surface area contributed by atoms with Gasteiger partial charge in [0.1, 0.15) is 5.75 Å². The van der Waals surface area contributed by atoms with Crippen molar-refractivity contribution in [1.29, 1.82) is 0 Å². The van der Waals surface area contributed by atoms with E-state index < -0.39 is 0 Å². The Morgan fingerprint density at radius 1 is 0.957 bits per heavy atom. The second-order valence-electron chi connectivity index (χ2n) is 5.69. The van der Waals surface area contributed by atoms with Crippen molar-refractivity contribution < 1.29 is 4.74 Å². The van der Waals surface area contributed by atoms with Crippen LogP contribution in [0, 0.1) is 0 Å². The molecule has 2 aromatic rings. The van der Waals surface area contributed by atoms with Gasteiger partial charge in [-0.15, -0.1) is 0 Å². The van der Waals surface area contributed by atoms with E-state index in [1.807, 2.05) is 18.2 Å². The fraction of sp³-hybridized carbons (Fsp3) is 0.316. The predicted molar refractivity (Wildman–Crippen MR) is 95.4 cm³/mol. The molecule has 1 aliphatic rings. The molecule has 0 unspecified atom stereocenters. The second kappa shape index (κ2) is 7.18. The van der Waals surface area contributed by atoms with Crippen LogP contribution < -0.4 is 9.64 Å². The average Bonchev–Trinajstić information content (AvgIpc) is 2.63. The van der Waals surface area contributed by atoms with Gasteiger partial charge in [0.15, 0.2) is 0 Å². The summed E-state index contributed by atoms with van der Waals surface area (Å²) in [4.78, 5) is 2.41. The highest BCUT2D eigenvalue weighted by molar-refractivity contribution is 5.98. The zero-order valence-electron chi connectivity index (χ0n) is 13.8. The van der Waals surface area contributed by atoms with E-state index in [0.717, 1.165) is 43.2 Å². The van der Waals surface area contributed by atoms with Crippen LogP contribution in [0.2, 0.25) is 0 Å². The van der Waals surface area contributed by atoms with Gasteiger partial charge in [-0.3, -0.25) is 5.01 Å². The lowest BCUT2D eigenvalue weighted by molar-refractivity contribution is 0.270. The molecular formula is C19H23N3O. The third kappa shape index (κ3) is 3.83. The molecule has 4 heteroatoms. The van der Waals surface area contributed by atoms with Crippen LogP contribution in [0.15, 0.2) is 59.7 Å². The van der Waals surface area contributed by atoms with Gasteiger partial charge >= 0.3 is 0 Å². The van der Waals surface area contributed by atoms with Crippen LogP contribution in [-0.2, 0) is 0 Å². The Balaban J connectivity index is 1.63. The van der Waals surface area contributed by atoms with Gasteiger partial charge in [0.05, 0.1) is 25.9 Å². The molecule has 1 heterocycles. The van der Waals surface area contributed by atoms with Crippen molar-refractivity contribution in [2.75, 3.05) is 38.2 Å². The Bertz CT molecular complexity index is 661. The number of methoxy groups -OCH3 is 1. The van der Waals surface area contributed by atoms with E-state index in [1.54, 1.807) is 7.11 Å². The first-order valence-electron chi connectivity index (χ1n) is 8.01. The lowest BCUT2D eigenvalue weighted by atomic mass is 10.1. The summed E-state index contributed by atoms with van der Waals surface area (Å²) in [6, 6.07) is 18.6. The smallest absolute Gasteiger partial charge is 0.119 e. The van der Waals surface area contributed by atoms with Gasteiger partial charge < -0.3 is 9.64 Å². The number of hydrazone groups is 1. The Hall–Kier alpha value is -2.49. The summed E-state index contributed by atoms with van der Waals surface area (Å²) in [5.41, 5.74) is 3.42. The number of anilines is 1. The van der Waals surface area contributed by atoms with E-state index >= 15 is 0 Å². The van der Waals surface area contributed by atoms with Crippen LogP contribution in [0.3, 0.4) is 0 Å². The maximum atomic E-state index is 5.28. The monoisotopic (exact) mass is 309 g/mol. The minimum absolute atomic E-state index is 0.867. The van der Waals surface area contributed by atoms with Crippen LogP contribution in [0.1, 0.15) is 12.5 Å². The van der Waals surface area contributed by atoms with Gasteiger partial charge in [-0.1, -0.05) is 30.3 Å². The van der Waals surface area contributed by atoms with Gasteiger partial charge in [-0.25, -0.2) is 0 Å². The average molecular weight is 309 g/mol. The zero-order valence-corrected chi connectivity index (χ0v) is 13.8. The summed E-state index contributed by atoms with van der Waals surface area (Å²) in [6.07, 6.45) is 0. The largest absolute Gasteiger partial charge is 0.497 e. The number of nitrogens with zero attached hydrogens (tertiary/aromatic N) is 3. The van der Waals surface area contributed by atoms with Gasteiger partial charge in [0.25, 0.3) is 0 Å². The molecule has 1 fully saturated rings. The van der Waals surface area contributed by atoms with E-state index in [-0.39, 0.29) is 0 Å². The van der Waals surface area contributed by atoms with Crippen molar-refractivity contribution in [3.8, 4) is 5.75 Å². The van der Waals surface area contributed by atoms with E-state index in [9.17, 15) is 0 Å². The number of hydrogen-bond donors (Lipinski definition) is 0. The van der Waals surface area contributed by atoms with Gasteiger partial charge in [0.2, 0.25) is 0 Å². The molecule has 1 saturated heterocycles. The molecule has 0 spiro atoms. The van der Waals surface area contributed by atoms with Crippen molar-refractivity contribution in [2.45, 2.75) is 6.92 Å². The lowest BCUT2D eigenvalue weighted by Gasteiger charge is -2.34. The van der Waals surface area contributed by atoms with Crippen LogP contribution >= 0.6 is 0 Å². The van der Waals surface area contributed by atoms with Crippen LogP contribution in [0.5, 0.6) is 5.75 Å². The molecule has 23 heavy (non-hydrogen) atoms. The van der Waals surface area contributed by atoms with Crippen LogP contribution in [-0.4, -0.2) is 44.0 Å². The second-order valence-corrected chi connectivity index (χ2v) is 5.69. The number of hydrogen-bond acceptors (Lipinski definition) is 4. The van der Waals surface area contributed by atoms with Gasteiger partial charge in [-0.2, -0.15) is 5.10 Å². The fourth-order valence-corrected chi connectivity index (χ4v) is 2.81. The molecule has 0 saturated carbocycles. The first-order chi connectivity index (χ1) is 11.3. The summed E-state index contributed by atoms with van der Waals surface area (Å²) < 4.78 is 5.28. The Morgan fingerprint density at radius 2 is 1.70 bits per heavy atom. The van der Waals surface area contributed by atoms with E-state index in [1.165, 1.54) is 5.69 Å². The number of ether oxygens (including phenoxy) is 1. The minimum atomic E-state index is 0.867. The molecule has 3 rings (SSSR count). The highest BCUT2D eigenvalue weighted by Gasteiger charge is 2.16. The Labute approximate surface area is 138 Å². The van der Waals surface area contributed by atoms with E-state index in [0.29, 0.717) is 0 Å². The molecular weight excluding hydrogens is 286 g/mol. The van der Waals surface area contributed by atoms with E-state index in [2.05, 4.69) is 53.2 Å². The molecule has 120 valence electrons. The van der Waals surface area contributed by atoms with Crippen molar-refractivity contribution >= 4 is 11.4 Å². The third-order valence-electron chi connectivity index (χ3n) is 4.16. The third-order valence-corrected chi connectivity index (χ3v) is 4.16. The molecule has 0 atom stereocenters. The molecule has 1 aliphatic heterocycles. The normalized spacial score (nSPS) is 15.7. The topological polar surface area (TPSA) is 28.1 Å². The maximum Gasteiger partial charge on any atom is 0.119 e. The standard InChI is InChI=1S/C19H23N3O/c1-16(17-7-6-10-19(15-17)23-2)20-22-13-11-21(12-14-22)18-8-4-3-5-9-18/h3-10,15H,11-14H2,1-2H3/b20-16+. The maximum absolute atomic E-state index is 5.28. The van der Waals surface area contributed by atoms with Crippen LogP contribution in [0.25, 0.3) is 0 Å². The molecule has 0 N–H and O–H groups in total. The number of rotatable bonds is 4. The minimum Gasteiger partial charge on any atom is -0.497 e. The molecule has 2 aromatic carbocycles. The number of benzene rings is 2. The highest BCUT2D eigenvalue weighted by atomic mass is 16.5. The zero-order chi connectivity index (χ0) is 16.1. The summed E-state index contributed by atoms with van der Waals surface area (Å²) in [7, 11) is 1.69. The SMILES string of the molecule is COc1cccc(/C(C)=N/N2CCN(c3ccccc3)CC2)c1. The van der Waals surface area contributed by atoms with Crippen molar-refractivity contribution in [2.24, 2.45) is 5.10 Å². The Morgan fingerprint density at radius 3 is 2.39 bits per heavy atom. The molecule has 4 nitrogen and oxygen atoms in total. The highest BCUT2D eigenvalue weighted by Crippen LogP contribution is 2.17. The van der Waals surface area contributed by atoms with Gasteiger partial charge in [-0.05, 0) is 31.2 Å². The first-order valence-corrected chi connectivity index (χ1v) is 8.01. The van der Waals surface area contributed by atoms with Crippen molar-refractivity contribution in [3.63, 3.8) is 0 Å². The summed E-state index contributed by atoms with van der Waals surface area (Å²) in [5, 5.41) is 6.94. The molecule has 0 aromatic heterocycles. The van der Waals surface area contributed by atoms with E-state index in [4.69, 9.17) is 9.84 Å². The molecule has 0 bridgehead atoms. The van der Waals surface area contributed by atoms with Crippen molar-refractivity contribution in [3.05, 3.63) is 60.2 Å².